The highest BCUT2D eigenvalue weighted by Gasteiger charge is 2.13. The molecule has 1 atom stereocenters. The van der Waals surface area contributed by atoms with E-state index in [0.717, 1.165) is 32.0 Å². The number of hydrogen-bond acceptors (Lipinski definition) is 2. The fourth-order valence-electron chi connectivity index (χ4n) is 2.78. The Hall–Kier alpha value is -0.800. The van der Waals surface area contributed by atoms with Gasteiger partial charge in [0.1, 0.15) is 5.82 Å². The van der Waals surface area contributed by atoms with Crippen LogP contribution in [0.15, 0.2) is 85.7 Å². The fraction of sp³-hybridized carbons (Fsp3) is 0.452. The highest BCUT2D eigenvalue weighted by Crippen LogP contribution is 2.25. The van der Waals surface area contributed by atoms with Crippen LogP contribution in [0.4, 0.5) is 0 Å². The molecule has 1 aromatic heterocycles. The predicted molar refractivity (Wildman–Crippen MR) is 187 cm³/mol. The van der Waals surface area contributed by atoms with E-state index in [-0.39, 0.29) is 0 Å². The van der Waals surface area contributed by atoms with Gasteiger partial charge in [0, 0.05) is 30.4 Å². The van der Waals surface area contributed by atoms with Crippen molar-refractivity contribution in [2.24, 2.45) is 0 Å². The summed E-state index contributed by atoms with van der Waals surface area (Å²) in [5, 5.41) is 0. The smallest absolute Gasteiger partial charge is 0.139 e. The first-order valence-electron chi connectivity index (χ1n) is 13.2. The Bertz CT molecular complexity index is 806. The van der Waals surface area contributed by atoms with E-state index < -0.39 is 0 Å². The van der Waals surface area contributed by atoms with Gasteiger partial charge in [-0.25, -0.2) is 4.98 Å². The van der Waals surface area contributed by atoms with Gasteiger partial charge in [0.05, 0.1) is 1.93 Å². The molecule has 2 nitrogen and oxygen atoms in total. The molecule has 0 bridgehead atoms. The van der Waals surface area contributed by atoms with E-state index in [9.17, 15) is 0 Å². The molecule has 5 heteroatoms. The summed E-state index contributed by atoms with van der Waals surface area (Å²) in [7, 11) is 0. The van der Waals surface area contributed by atoms with Crippen LogP contribution in [0.1, 0.15) is 79.7 Å². The molecule has 1 heterocycles. The molecule has 2 aromatic carbocycles. The second-order valence-electron chi connectivity index (χ2n) is 6.52. The average Bonchev–Trinajstić information content (AvgIpc) is 3.42. The van der Waals surface area contributed by atoms with Crippen molar-refractivity contribution < 1.29 is 0 Å². The molecule has 0 radical (unpaired) electrons. The Morgan fingerprint density at radius 1 is 0.889 bits per heavy atom. The third-order valence-electron chi connectivity index (χ3n) is 4.20. The summed E-state index contributed by atoms with van der Waals surface area (Å²) in [5.41, 5.74) is 2.49. The number of rotatable bonds is 7. The van der Waals surface area contributed by atoms with Gasteiger partial charge in [0.2, 0.25) is 0 Å². The lowest BCUT2D eigenvalue weighted by Gasteiger charge is -2.18. The molecule has 0 amide bonds. The number of nitrogens with zero attached hydrogens (tertiary/aromatic N) is 2. The standard InChI is InChI=1S/C20H20N2.C3H6I2.C2H6S.3C2H6/c1-2-9-19(17-10-5-3-6-11-17)16-22-15-14-21-20(22)18-12-7-4-8-13-18;1-2-3(4)5;1-2-3;3*1-2/h2-8,10-15,19H,1,9,16H2;3H,2H2,1H3;3H,2H2,1H3;3*1-2H3/t19-;;;;;/m1...../s1. The highest BCUT2D eigenvalue weighted by atomic mass is 127. The molecule has 3 aromatic rings. The summed E-state index contributed by atoms with van der Waals surface area (Å²) in [5.74, 6) is 2.38. The van der Waals surface area contributed by atoms with Crippen molar-refractivity contribution in [3.63, 3.8) is 0 Å². The van der Waals surface area contributed by atoms with E-state index in [1.807, 2.05) is 78.9 Å². The predicted octanol–water partition coefficient (Wildman–Crippen LogP) is 11.5. The minimum atomic E-state index is 0.412. The second-order valence-corrected chi connectivity index (χ2v) is 12.5. The van der Waals surface area contributed by atoms with Crippen molar-refractivity contribution in [2.75, 3.05) is 5.75 Å². The van der Waals surface area contributed by atoms with E-state index in [4.69, 9.17) is 0 Å². The van der Waals surface area contributed by atoms with Crippen LogP contribution in [0, 0.1) is 0 Å². The zero-order chi connectivity index (χ0) is 28.2. The minimum Gasteiger partial charge on any atom is -0.330 e. The Labute approximate surface area is 256 Å². The van der Waals surface area contributed by atoms with Gasteiger partial charge in [-0.1, -0.05) is 167 Å². The maximum absolute atomic E-state index is 4.53. The third-order valence-corrected chi connectivity index (χ3v) is 5.96. The van der Waals surface area contributed by atoms with Gasteiger partial charge in [-0.3, -0.25) is 0 Å². The van der Waals surface area contributed by atoms with E-state index in [2.05, 4.69) is 130 Å². The average molecular weight is 737 g/mol. The quantitative estimate of drug-likeness (QED) is 0.111. The maximum atomic E-state index is 4.53. The molecule has 0 aliphatic carbocycles. The molecule has 0 aliphatic rings. The first-order valence-corrected chi connectivity index (χ1v) is 16.3. The highest BCUT2D eigenvalue weighted by molar-refractivity contribution is 14.2. The molecule has 0 unspecified atom stereocenters. The summed E-state index contributed by atoms with van der Waals surface area (Å²) in [6.45, 7) is 21.0. The molecular formula is C31H50I2N2S. The summed E-state index contributed by atoms with van der Waals surface area (Å²) in [6.07, 6.45) is 8.16. The van der Waals surface area contributed by atoms with Gasteiger partial charge < -0.3 is 4.57 Å². The zero-order valence-electron chi connectivity index (χ0n) is 23.8. The van der Waals surface area contributed by atoms with Crippen molar-refractivity contribution in [3.05, 3.63) is 91.3 Å². The normalized spacial score (nSPS) is 9.67. The number of hydrogen-bond donors (Lipinski definition) is 1. The molecular weight excluding hydrogens is 686 g/mol. The first-order chi connectivity index (χ1) is 17.6. The number of halogens is 2. The lowest BCUT2D eigenvalue weighted by molar-refractivity contribution is 0.568. The van der Waals surface area contributed by atoms with E-state index in [1.165, 1.54) is 12.0 Å². The number of thiol groups is 1. The van der Waals surface area contributed by atoms with Gasteiger partial charge in [-0.15, -0.1) is 6.58 Å². The topological polar surface area (TPSA) is 17.8 Å². The van der Waals surface area contributed by atoms with E-state index in [1.54, 1.807) is 0 Å². The summed E-state index contributed by atoms with van der Waals surface area (Å²) < 4.78 is 3.06. The van der Waals surface area contributed by atoms with E-state index >= 15 is 0 Å². The summed E-state index contributed by atoms with van der Waals surface area (Å²) in [6, 6.07) is 20.9. The fourth-order valence-corrected chi connectivity index (χ4v) is 2.78. The lowest BCUT2D eigenvalue weighted by atomic mass is 9.95. The molecule has 0 N–H and O–H groups in total. The van der Waals surface area contributed by atoms with Crippen LogP contribution >= 0.6 is 57.8 Å². The molecule has 204 valence electrons. The summed E-state index contributed by atoms with van der Waals surface area (Å²) >= 11 is 8.57. The van der Waals surface area contributed by atoms with Crippen molar-refractivity contribution >= 4 is 57.8 Å². The molecule has 36 heavy (non-hydrogen) atoms. The Kier molecular flexibility index (Phi) is 33.6. The SMILES string of the molecule is C=CC[C@H](Cn1ccnc1-c1ccccc1)c1ccccc1.CC.CC.CC.CCC(I)I.CCS. The van der Waals surface area contributed by atoms with Gasteiger partial charge >= 0.3 is 0 Å². The van der Waals surface area contributed by atoms with Crippen LogP contribution in [0.3, 0.4) is 0 Å². The molecule has 0 aliphatic heterocycles. The van der Waals surface area contributed by atoms with Crippen LogP contribution in [-0.4, -0.2) is 17.2 Å². The number of alkyl halides is 2. The van der Waals surface area contributed by atoms with Crippen molar-refractivity contribution in [3.8, 4) is 11.4 Å². The molecule has 3 rings (SSSR count). The number of benzene rings is 2. The zero-order valence-corrected chi connectivity index (χ0v) is 29.0. The molecule has 0 fully saturated rings. The lowest BCUT2D eigenvalue weighted by Crippen LogP contribution is -2.09. The van der Waals surface area contributed by atoms with E-state index in [0.29, 0.717) is 5.92 Å². The van der Waals surface area contributed by atoms with Crippen LogP contribution < -0.4 is 0 Å². The van der Waals surface area contributed by atoms with Crippen molar-refractivity contribution in [2.45, 2.75) is 82.6 Å². The second kappa shape index (κ2) is 30.4. The van der Waals surface area contributed by atoms with Crippen LogP contribution in [0.25, 0.3) is 11.4 Å². The van der Waals surface area contributed by atoms with Gasteiger partial charge in [-0.05, 0) is 24.2 Å². The van der Waals surface area contributed by atoms with Crippen molar-refractivity contribution in [1.82, 2.24) is 9.55 Å². The van der Waals surface area contributed by atoms with Crippen LogP contribution in [0.5, 0.6) is 0 Å². The van der Waals surface area contributed by atoms with Crippen molar-refractivity contribution in [1.29, 1.82) is 0 Å². The monoisotopic (exact) mass is 736 g/mol. The summed E-state index contributed by atoms with van der Waals surface area (Å²) in [4.78, 5) is 4.53. The maximum Gasteiger partial charge on any atom is 0.139 e. The Morgan fingerprint density at radius 2 is 1.33 bits per heavy atom. The first kappa shape index (κ1) is 39.7. The number of imidazole rings is 1. The third kappa shape index (κ3) is 19.3. The van der Waals surface area contributed by atoms with Gasteiger partial charge in [0.25, 0.3) is 0 Å². The van der Waals surface area contributed by atoms with Crippen LogP contribution in [0.2, 0.25) is 0 Å². The molecule has 0 saturated carbocycles. The minimum absolute atomic E-state index is 0.412. The Morgan fingerprint density at radius 3 is 1.75 bits per heavy atom. The Balaban J connectivity index is -0.000000657. The number of allylic oxidation sites excluding steroid dienone is 1. The van der Waals surface area contributed by atoms with Gasteiger partial charge in [-0.2, -0.15) is 12.6 Å². The largest absolute Gasteiger partial charge is 0.330 e. The van der Waals surface area contributed by atoms with Crippen LogP contribution in [-0.2, 0) is 6.54 Å². The van der Waals surface area contributed by atoms with Gasteiger partial charge in [0.15, 0.2) is 0 Å². The molecule has 0 spiro atoms. The number of aromatic nitrogens is 2. The molecule has 0 saturated heterocycles.